The summed E-state index contributed by atoms with van der Waals surface area (Å²) in [6.07, 6.45) is 5.98. The predicted octanol–water partition coefficient (Wildman–Crippen LogP) is 1.68. The van der Waals surface area contributed by atoms with Crippen molar-refractivity contribution in [2.24, 2.45) is 17.6 Å². The quantitative estimate of drug-likeness (QED) is 0.937. The molecule has 2 aliphatic rings. The number of carbonyl (C=O) groups excluding carboxylic acids is 1. The van der Waals surface area contributed by atoms with E-state index >= 15 is 0 Å². The zero-order chi connectivity index (χ0) is 15.1. The van der Waals surface area contributed by atoms with Crippen LogP contribution in [0, 0.1) is 11.8 Å². The zero-order valence-corrected chi connectivity index (χ0v) is 12.4. The van der Waals surface area contributed by atoms with Gasteiger partial charge in [-0.15, -0.1) is 0 Å². The Hall–Kier alpha value is -2.14. The molecule has 0 radical (unpaired) electrons. The van der Waals surface area contributed by atoms with Gasteiger partial charge < -0.3 is 10.6 Å². The van der Waals surface area contributed by atoms with Gasteiger partial charge >= 0.3 is 0 Å². The van der Waals surface area contributed by atoms with Crippen LogP contribution in [0.1, 0.15) is 23.2 Å². The third-order valence-corrected chi connectivity index (χ3v) is 4.78. The second-order valence-corrected chi connectivity index (χ2v) is 6.38. The predicted molar refractivity (Wildman–Crippen MR) is 83.7 cm³/mol. The average molecular weight is 296 g/mol. The van der Waals surface area contributed by atoms with Gasteiger partial charge in [0.25, 0.3) is 5.91 Å². The Balaban J connectivity index is 1.50. The molecule has 1 saturated heterocycles. The molecule has 1 aromatic heterocycles. The first-order valence-electron chi connectivity index (χ1n) is 7.87. The maximum atomic E-state index is 12.6. The molecule has 0 unspecified atom stereocenters. The number of likely N-dealkylation sites (tertiary alicyclic amines) is 1. The number of para-hydroxylation sites is 1. The van der Waals surface area contributed by atoms with Gasteiger partial charge in [0, 0.05) is 25.3 Å². The van der Waals surface area contributed by atoms with Crippen LogP contribution >= 0.6 is 0 Å². The smallest absolute Gasteiger partial charge is 0.257 e. The molecule has 1 amide bonds. The molecule has 0 spiro atoms. The minimum absolute atomic E-state index is 0.0424. The second-order valence-electron chi connectivity index (χ2n) is 6.38. The molecule has 2 aromatic rings. The topological polar surface area (TPSA) is 64.2 Å². The van der Waals surface area contributed by atoms with E-state index in [2.05, 4.69) is 5.10 Å². The molecular formula is C17H20N4O. The molecule has 1 aromatic carbocycles. The van der Waals surface area contributed by atoms with E-state index in [0.29, 0.717) is 18.0 Å². The zero-order valence-electron chi connectivity index (χ0n) is 12.4. The lowest BCUT2D eigenvalue weighted by molar-refractivity contribution is 0.0785. The van der Waals surface area contributed by atoms with Crippen molar-refractivity contribution < 1.29 is 4.79 Å². The Morgan fingerprint density at radius 2 is 1.95 bits per heavy atom. The highest BCUT2D eigenvalue weighted by Gasteiger charge is 2.42. The van der Waals surface area contributed by atoms with Gasteiger partial charge in [-0.05, 0) is 36.8 Å². The molecule has 114 valence electrons. The van der Waals surface area contributed by atoms with Gasteiger partial charge in [0.05, 0.1) is 17.4 Å². The first kappa shape index (κ1) is 13.5. The van der Waals surface area contributed by atoms with Crippen molar-refractivity contribution in [1.82, 2.24) is 14.7 Å². The molecule has 1 aliphatic carbocycles. The van der Waals surface area contributed by atoms with Gasteiger partial charge in [-0.25, -0.2) is 4.68 Å². The lowest BCUT2D eigenvalue weighted by atomic mass is 9.99. The van der Waals surface area contributed by atoms with Crippen molar-refractivity contribution in [2.45, 2.75) is 18.9 Å². The van der Waals surface area contributed by atoms with Crippen LogP contribution in [-0.2, 0) is 0 Å². The summed E-state index contributed by atoms with van der Waals surface area (Å²) in [7, 11) is 0. The fourth-order valence-corrected chi connectivity index (χ4v) is 3.38. The normalized spacial score (nSPS) is 24.7. The molecule has 2 N–H and O–H groups in total. The molecule has 5 nitrogen and oxygen atoms in total. The van der Waals surface area contributed by atoms with Crippen molar-refractivity contribution in [3.05, 3.63) is 48.3 Å². The number of benzene rings is 1. The van der Waals surface area contributed by atoms with Gasteiger partial charge in [0.2, 0.25) is 0 Å². The van der Waals surface area contributed by atoms with Crippen LogP contribution in [0.3, 0.4) is 0 Å². The van der Waals surface area contributed by atoms with Crippen LogP contribution < -0.4 is 5.73 Å². The summed E-state index contributed by atoms with van der Waals surface area (Å²) in [5, 5.41) is 4.30. The number of hydrogen-bond donors (Lipinski definition) is 1. The van der Waals surface area contributed by atoms with Crippen LogP contribution in [0.4, 0.5) is 0 Å². The summed E-state index contributed by atoms with van der Waals surface area (Å²) in [6.45, 7) is 1.46. The molecule has 1 aliphatic heterocycles. The average Bonchev–Trinajstić information content (AvgIpc) is 3.13. The number of rotatable bonds is 3. The summed E-state index contributed by atoms with van der Waals surface area (Å²) in [6, 6.07) is 9.94. The Morgan fingerprint density at radius 1 is 1.18 bits per heavy atom. The molecule has 4 rings (SSSR count). The Morgan fingerprint density at radius 3 is 2.68 bits per heavy atom. The van der Waals surface area contributed by atoms with Crippen molar-refractivity contribution in [3.63, 3.8) is 0 Å². The van der Waals surface area contributed by atoms with Crippen molar-refractivity contribution >= 4 is 5.91 Å². The lowest BCUT2D eigenvalue weighted by Crippen LogP contribution is -2.32. The molecule has 0 bridgehead atoms. The summed E-state index contributed by atoms with van der Waals surface area (Å²) < 4.78 is 1.74. The van der Waals surface area contributed by atoms with E-state index < -0.39 is 0 Å². The van der Waals surface area contributed by atoms with Crippen LogP contribution in [0.2, 0.25) is 0 Å². The third-order valence-electron chi connectivity index (χ3n) is 4.78. The highest BCUT2D eigenvalue weighted by Crippen LogP contribution is 2.41. The standard InChI is InChI=1S/C17H20N4O/c18-16-11-20(10-15(16)12-6-7-12)17(22)13-8-19-21(9-13)14-4-2-1-3-5-14/h1-5,8-9,12,15-16H,6-7,10-11,18H2/t15-,16+/m0/s1. The molecular weight excluding hydrogens is 276 g/mol. The first-order chi connectivity index (χ1) is 10.7. The molecule has 2 heterocycles. The van der Waals surface area contributed by atoms with Crippen molar-refractivity contribution in [3.8, 4) is 5.69 Å². The van der Waals surface area contributed by atoms with E-state index in [-0.39, 0.29) is 11.9 Å². The maximum absolute atomic E-state index is 12.6. The number of hydrogen-bond acceptors (Lipinski definition) is 3. The minimum atomic E-state index is 0.0424. The van der Waals surface area contributed by atoms with Gasteiger partial charge in [0.1, 0.15) is 0 Å². The fraction of sp³-hybridized carbons (Fsp3) is 0.412. The van der Waals surface area contributed by atoms with Crippen LogP contribution in [0.25, 0.3) is 5.69 Å². The first-order valence-corrected chi connectivity index (χ1v) is 7.87. The number of nitrogens with zero attached hydrogens (tertiary/aromatic N) is 3. The summed E-state index contributed by atoms with van der Waals surface area (Å²) in [5.41, 5.74) is 7.79. The van der Waals surface area contributed by atoms with E-state index in [0.717, 1.165) is 18.2 Å². The summed E-state index contributed by atoms with van der Waals surface area (Å²) in [4.78, 5) is 14.5. The lowest BCUT2D eigenvalue weighted by Gasteiger charge is -2.14. The van der Waals surface area contributed by atoms with Gasteiger partial charge in [-0.2, -0.15) is 5.10 Å². The maximum Gasteiger partial charge on any atom is 0.257 e. The molecule has 5 heteroatoms. The number of carbonyl (C=O) groups is 1. The summed E-state index contributed by atoms with van der Waals surface area (Å²) in [5.74, 6) is 1.26. The summed E-state index contributed by atoms with van der Waals surface area (Å²) >= 11 is 0. The SMILES string of the molecule is N[C@@H]1CN(C(=O)c2cnn(-c3ccccc3)c2)C[C@H]1C1CC1. The molecule has 22 heavy (non-hydrogen) atoms. The molecule has 2 atom stereocenters. The van der Waals surface area contributed by atoms with Crippen LogP contribution in [0.5, 0.6) is 0 Å². The fourth-order valence-electron chi connectivity index (χ4n) is 3.38. The third kappa shape index (κ3) is 2.41. The largest absolute Gasteiger partial charge is 0.337 e. The van der Waals surface area contributed by atoms with E-state index in [1.54, 1.807) is 17.1 Å². The van der Waals surface area contributed by atoms with E-state index in [1.165, 1.54) is 12.8 Å². The monoisotopic (exact) mass is 296 g/mol. The van der Waals surface area contributed by atoms with E-state index in [1.807, 2.05) is 35.2 Å². The minimum Gasteiger partial charge on any atom is -0.337 e. The highest BCUT2D eigenvalue weighted by atomic mass is 16.2. The second kappa shape index (κ2) is 5.25. The van der Waals surface area contributed by atoms with Gasteiger partial charge in [0.15, 0.2) is 0 Å². The van der Waals surface area contributed by atoms with Gasteiger partial charge in [-0.1, -0.05) is 18.2 Å². The number of amides is 1. The Kier molecular flexibility index (Phi) is 3.22. The number of aromatic nitrogens is 2. The molecule has 1 saturated carbocycles. The van der Waals surface area contributed by atoms with Crippen molar-refractivity contribution in [2.75, 3.05) is 13.1 Å². The Labute approximate surface area is 129 Å². The highest BCUT2D eigenvalue weighted by molar-refractivity contribution is 5.94. The molecule has 2 fully saturated rings. The van der Waals surface area contributed by atoms with E-state index in [4.69, 9.17) is 5.73 Å². The van der Waals surface area contributed by atoms with Crippen LogP contribution in [0.15, 0.2) is 42.7 Å². The number of nitrogens with two attached hydrogens (primary N) is 1. The van der Waals surface area contributed by atoms with Gasteiger partial charge in [-0.3, -0.25) is 4.79 Å². The van der Waals surface area contributed by atoms with E-state index in [9.17, 15) is 4.79 Å². The van der Waals surface area contributed by atoms with Crippen LogP contribution in [-0.4, -0.2) is 39.7 Å². The van der Waals surface area contributed by atoms with Crippen molar-refractivity contribution in [1.29, 1.82) is 0 Å². The Bertz CT molecular complexity index is 677.